The second kappa shape index (κ2) is 4.38. The standard InChI is InChI=1S/C9H8F3NO3/c1-2-16-8(15)5-3-13-4-6(7(5)14)9(10,11)12/h3-4H,2H2,1H3,(H,13,14). The van der Waals surface area contributed by atoms with Gasteiger partial charge in [-0.3, -0.25) is 4.79 Å². The fraction of sp³-hybridized carbons (Fsp3) is 0.333. The van der Waals surface area contributed by atoms with Gasteiger partial charge in [0.05, 0.1) is 6.61 Å². The first-order valence-electron chi connectivity index (χ1n) is 4.33. The van der Waals surface area contributed by atoms with E-state index in [2.05, 4.69) is 9.72 Å². The van der Waals surface area contributed by atoms with Crippen molar-refractivity contribution in [3.63, 3.8) is 0 Å². The number of pyridine rings is 1. The van der Waals surface area contributed by atoms with E-state index >= 15 is 0 Å². The molecule has 1 N–H and O–H groups in total. The third-order valence-corrected chi connectivity index (χ3v) is 1.75. The molecule has 0 saturated heterocycles. The van der Waals surface area contributed by atoms with Crippen molar-refractivity contribution in [2.45, 2.75) is 13.1 Å². The van der Waals surface area contributed by atoms with E-state index in [-0.39, 0.29) is 6.61 Å². The monoisotopic (exact) mass is 235 g/mol. The van der Waals surface area contributed by atoms with Gasteiger partial charge in [0.15, 0.2) is 0 Å². The van der Waals surface area contributed by atoms with Crippen LogP contribution >= 0.6 is 0 Å². The Hall–Kier alpha value is -1.79. The molecule has 0 spiro atoms. The SMILES string of the molecule is CCOC(=O)c1c[nH]cc(C(F)(F)F)c1=O. The molecule has 1 rings (SSSR count). The highest BCUT2D eigenvalue weighted by atomic mass is 19.4. The van der Waals surface area contributed by atoms with Crippen molar-refractivity contribution >= 4 is 5.97 Å². The Morgan fingerprint density at radius 3 is 2.56 bits per heavy atom. The van der Waals surface area contributed by atoms with Crippen LogP contribution in [-0.4, -0.2) is 17.6 Å². The first-order valence-corrected chi connectivity index (χ1v) is 4.33. The molecule has 0 bridgehead atoms. The Kier molecular flexibility index (Phi) is 3.36. The highest BCUT2D eigenvalue weighted by molar-refractivity contribution is 5.89. The summed E-state index contributed by atoms with van der Waals surface area (Å²) in [6.45, 7) is 1.47. The van der Waals surface area contributed by atoms with Gasteiger partial charge in [0.1, 0.15) is 11.1 Å². The lowest BCUT2D eigenvalue weighted by molar-refractivity contribution is -0.138. The molecule has 1 heterocycles. The third kappa shape index (κ3) is 2.41. The van der Waals surface area contributed by atoms with Crippen LogP contribution in [0.2, 0.25) is 0 Å². The number of esters is 1. The molecule has 1 aromatic rings. The van der Waals surface area contributed by atoms with Gasteiger partial charge in [-0.25, -0.2) is 4.79 Å². The summed E-state index contributed by atoms with van der Waals surface area (Å²) in [5.41, 5.74) is -3.46. The molecule has 0 fully saturated rings. The van der Waals surface area contributed by atoms with E-state index in [1.807, 2.05) is 0 Å². The number of aromatic amines is 1. The molecule has 0 unspecified atom stereocenters. The smallest absolute Gasteiger partial charge is 0.421 e. The number of aromatic nitrogens is 1. The van der Waals surface area contributed by atoms with Gasteiger partial charge in [-0.2, -0.15) is 13.2 Å². The molecule has 0 amide bonds. The molecular formula is C9H8F3NO3. The maximum atomic E-state index is 12.3. The van der Waals surface area contributed by atoms with Crippen LogP contribution in [0.3, 0.4) is 0 Å². The van der Waals surface area contributed by atoms with Gasteiger partial charge >= 0.3 is 12.1 Å². The average Bonchev–Trinajstić information content (AvgIpc) is 2.16. The summed E-state index contributed by atoms with van der Waals surface area (Å²) >= 11 is 0. The largest absolute Gasteiger partial charge is 0.462 e. The van der Waals surface area contributed by atoms with Crippen molar-refractivity contribution in [1.29, 1.82) is 0 Å². The minimum Gasteiger partial charge on any atom is -0.462 e. The molecule has 7 heteroatoms. The molecule has 88 valence electrons. The number of hydrogen-bond donors (Lipinski definition) is 1. The average molecular weight is 235 g/mol. The van der Waals surface area contributed by atoms with Crippen molar-refractivity contribution in [3.05, 3.63) is 33.7 Å². The number of nitrogens with one attached hydrogen (secondary N) is 1. The van der Waals surface area contributed by atoms with E-state index in [9.17, 15) is 22.8 Å². The number of rotatable bonds is 2. The summed E-state index contributed by atoms with van der Waals surface area (Å²) < 4.78 is 41.4. The molecule has 0 aromatic carbocycles. The predicted molar refractivity (Wildman–Crippen MR) is 48.0 cm³/mol. The van der Waals surface area contributed by atoms with Crippen LogP contribution in [-0.2, 0) is 10.9 Å². The lowest BCUT2D eigenvalue weighted by Gasteiger charge is -2.06. The molecule has 0 aliphatic heterocycles. The fourth-order valence-corrected chi connectivity index (χ4v) is 1.06. The van der Waals surface area contributed by atoms with E-state index < -0.39 is 28.7 Å². The Bertz CT molecular complexity index is 450. The van der Waals surface area contributed by atoms with Gasteiger partial charge in [0.2, 0.25) is 5.43 Å². The number of halogens is 3. The Balaban J connectivity index is 3.25. The van der Waals surface area contributed by atoms with Gasteiger partial charge in [0.25, 0.3) is 0 Å². The summed E-state index contributed by atoms with van der Waals surface area (Å²) in [6.07, 6.45) is -3.41. The fourth-order valence-electron chi connectivity index (χ4n) is 1.06. The van der Waals surface area contributed by atoms with Gasteiger partial charge in [-0.05, 0) is 6.92 Å². The molecule has 4 nitrogen and oxygen atoms in total. The van der Waals surface area contributed by atoms with E-state index in [0.29, 0.717) is 6.20 Å². The zero-order valence-corrected chi connectivity index (χ0v) is 8.22. The van der Waals surface area contributed by atoms with E-state index in [4.69, 9.17) is 0 Å². The zero-order chi connectivity index (χ0) is 12.3. The number of ether oxygens (including phenoxy) is 1. The zero-order valence-electron chi connectivity index (χ0n) is 8.22. The predicted octanol–water partition coefficient (Wildman–Crippen LogP) is 1.57. The van der Waals surface area contributed by atoms with Crippen LogP contribution in [0.4, 0.5) is 13.2 Å². The van der Waals surface area contributed by atoms with Crippen LogP contribution in [0, 0.1) is 0 Å². The van der Waals surface area contributed by atoms with E-state index in [1.165, 1.54) is 6.92 Å². The van der Waals surface area contributed by atoms with Gasteiger partial charge in [-0.1, -0.05) is 0 Å². The van der Waals surface area contributed by atoms with Crippen molar-refractivity contribution in [1.82, 2.24) is 4.98 Å². The normalized spacial score (nSPS) is 11.2. The number of carbonyl (C=O) groups is 1. The lowest BCUT2D eigenvalue weighted by atomic mass is 10.2. The van der Waals surface area contributed by atoms with Crippen molar-refractivity contribution in [3.8, 4) is 0 Å². The third-order valence-electron chi connectivity index (χ3n) is 1.75. The summed E-state index contributed by atoms with van der Waals surface area (Å²) in [5.74, 6) is -1.07. The van der Waals surface area contributed by atoms with Crippen LogP contribution in [0.25, 0.3) is 0 Å². The molecule has 0 radical (unpaired) electrons. The molecule has 0 aliphatic carbocycles. The maximum absolute atomic E-state index is 12.3. The number of H-pyrrole nitrogens is 1. The summed E-state index contributed by atoms with van der Waals surface area (Å²) in [4.78, 5) is 24.5. The van der Waals surface area contributed by atoms with Crippen molar-refractivity contribution in [2.24, 2.45) is 0 Å². The minimum atomic E-state index is -4.80. The highest BCUT2D eigenvalue weighted by Gasteiger charge is 2.35. The first kappa shape index (κ1) is 12.3. The van der Waals surface area contributed by atoms with Gasteiger partial charge in [-0.15, -0.1) is 0 Å². The number of hydrogen-bond acceptors (Lipinski definition) is 3. The molecular weight excluding hydrogens is 227 g/mol. The number of alkyl halides is 3. The Morgan fingerprint density at radius 2 is 2.06 bits per heavy atom. The summed E-state index contributed by atoms with van der Waals surface area (Å²) in [6, 6.07) is 0. The molecule has 0 aliphatic rings. The summed E-state index contributed by atoms with van der Waals surface area (Å²) in [7, 11) is 0. The van der Waals surface area contributed by atoms with E-state index in [1.54, 1.807) is 0 Å². The van der Waals surface area contributed by atoms with Crippen LogP contribution in [0.1, 0.15) is 22.8 Å². The van der Waals surface area contributed by atoms with Gasteiger partial charge < -0.3 is 9.72 Å². The van der Waals surface area contributed by atoms with Gasteiger partial charge in [0, 0.05) is 12.4 Å². The van der Waals surface area contributed by atoms with Crippen LogP contribution in [0.5, 0.6) is 0 Å². The van der Waals surface area contributed by atoms with Crippen LogP contribution < -0.4 is 5.43 Å². The Morgan fingerprint density at radius 1 is 1.44 bits per heavy atom. The molecule has 0 saturated carbocycles. The number of carbonyl (C=O) groups excluding carboxylic acids is 1. The van der Waals surface area contributed by atoms with E-state index in [0.717, 1.165) is 6.20 Å². The second-order valence-corrected chi connectivity index (χ2v) is 2.83. The quantitative estimate of drug-likeness (QED) is 0.791. The molecule has 0 atom stereocenters. The second-order valence-electron chi connectivity index (χ2n) is 2.83. The molecule has 1 aromatic heterocycles. The maximum Gasteiger partial charge on any atom is 0.421 e. The Labute approximate surface area is 88.0 Å². The summed E-state index contributed by atoms with van der Waals surface area (Å²) in [5, 5.41) is 0. The molecule has 16 heavy (non-hydrogen) atoms. The minimum absolute atomic E-state index is 0.0193. The van der Waals surface area contributed by atoms with Crippen LogP contribution in [0.15, 0.2) is 17.2 Å². The van der Waals surface area contributed by atoms with Crippen molar-refractivity contribution in [2.75, 3.05) is 6.61 Å². The van der Waals surface area contributed by atoms with Crippen molar-refractivity contribution < 1.29 is 22.7 Å². The first-order chi connectivity index (χ1) is 7.38. The topological polar surface area (TPSA) is 59.2 Å². The lowest BCUT2D eigenvalue weighted by Crippen LogP contribution is -2.26. The highest BCUT2D eigenvalue weighted by Crippen LogP contribution is 2.25.